The van der Waals surface area contributed by atoms with Crippen molar-refractivity contribution in [3.8, 4) is 0 Å². The van der Waals surface area contributed by atoms with Crippen molar-refractivity contribution in [2.75, 3.05) is 6.54 Å². The number of ether oxygens (including phenoxy) is 1. The van der Waals surface area contributed by atoms with Crippen molar-refractivity contribution in [2.24, 2.45) is 0 Å². The molecule has 0 bridgehead atoms. The van der Waals surface area contributed by atoms with E-state index in [1.54, 1.807) is 26.0 Å². The number of urea groups is 1. The molecule has 0 fully saturated rings. The van der Waals surface area contributed by atoms with E-state index in [-0.39, 0.29) is 5.76 Å². The number of fused-ring (bicyclic) bond motifs is 1. The van der Waals surface area contributed by atoms with Gasteiger partial charge in [-0.15, -0.1) is 0 Å². The van der Waals surface area contributed by atoms with Gasteiger partial charge in [0.15, 0.2) is 6.10 Å². The van der Waals surface area contributed by atoms with Gasteiger partial charge in [-0.05, 0) is 26.8 Å². The highest BCUT2D eigenvalue weighted by atomic mass is 16.6. The molecule has 0 unspecified atom stereocenters. The zero-order chi connectivity index (χ0) is 17.0. The second kappa shape index (κ2) is 6.95. The van der Waals surface area contributed by atoms with E-state index in [9.17, 15) is 14.4 Å². The van der Waals surface area contributed by atoms with E-state index < -0.39 is 24.0 Å². The van der Waals surface area contributed by atoms with Gasteiger partial charge in [-0.1, -0.05) is 18.2 Å². The Morgan fingerprint density at radius 3 is 2.61 bits per heavy atom. The second-order valence-corrected chi connectivity index (χ2v) is 4.95. The highest BCUT2D eigenvalue weighted by Gasteiger charge is 2.24. The summed E-state index contributed by atoms with van der Waals surface area (Å²) in [4.78, 5) is 35.2. The van der Waals surface area contributed by atoms with Gasteiger partial charge in [0.2, 0.25) is 5.76 Å². The first kappa shape index (κ1) is 16.5. The predicted molar refractivity (Wildman–Crippen MR) is 83.0 cm³/mol. The van der Waals surface area contributed by atoms with Crippen LogP contribution in [0.15, 0.2) is 28.7 Å². The summed E-state index contributed by atoms with van der Waals surface area (Å²) in [5.74, 6) is -1.42. The number of nitrogens with one attached hydrogen (secondary N) is 2. The lowest BCUT2D eigenvalue weighted by Crippen LogP contribution is -2.44. The lowest BCUT2D eigenvalue weighted by molar-refractivity contribution is -0.128. The van der Waals surface area contributed by atoms with Gasteiger partial charge in [-0.25, -0.2) is 9.59 Å². The molecule has 1 aromatic carbocycles. The molecule has 1 atom stereocenters. The number of carbonyl (C=O) groups is 3. The lowest BCUT2D eigenvalue weighted by atomic mass is 10.1. The maximum Gasteiger partial charge on any atom is 0.375 e. The van der Waals surface area contributed by atoms with E-state index in [1.807, 2.05) is 12.1 Å². The van der Waals surface area contributed by atoms with Gasteiger partial charge in [-0.3, -0.25) is 10.1 Å². The number of hydrogen-bond donors (Lipinski definition) is 2. The topological polar surface area (TPSA) is 97.6 Å². The minimum atomic E-state index is -1.13. The van der Waals surface area contributed by atoms with E-state index in [0.717, 1.165) is 5.39 Å². The quantitative estimate of drug-likeness (QED) is 0.842. The molecule has 0 saturated heterocycles. The van der Waals surface area contributed by atoms with E-state index in [0.29, 0.717) is 17.7 Å². The summed E-state index contributed by atoms with van der Waals surface area (Å²) in [5, 5.41) is 5.30. The number of rotatable bonds is 4. The molecule has 0 aliphatic heterocycles. The predicted octanol–water partition coefficient (Wildman–Crippen LogP) is 2.13. The first-order valence-electron chi connectivity index (χ1n) is 7.21. The largest absolute Gasteiger partial charge is 0.449 e. The van der Waals surface area contributed by atoms with Gasteiger partial charge < -0.3 is 14.5 Å². The molecule has 2 aromatic rings. The Hall–Kier alpha value is -2.83. The Morgan fingerprint density at radius 2 is 1.96 bits per heavy atom. The molecule has 2 N–H and O–H groups in total. The summed E-state index contributed by atoms with van der Waals surface area (Å²) in [6.45, 7) is 5.22. The van der Waals surface area contributed by atoms with Crippen molar-refractivity contribution < 1.29 is 23.5 Å². The van der Waals surface area contributed by atoms with Crippen LogP contribution in [0.2, 0.25) is 0 Å². The van der Waals surface area contributed by atoms with Gasteiger partial charge in [0.25, 0.3) is 5.91 Å². The zero-order valence-corrected chi connectivity index (χ0v) is 13.1. The Balaban J connectivity index is 2.07. The van der Waals surface area contributed by atoms with Gasteiger partial charge >= 0.3 is 12.0 Å². The van der Waals surface area contributed by atoms with Crippen molar-refractivity contribution in [3.63, 3.8) is 0 Å². The number of amides is 3. The third kappa shape index (κ3) is 3.68. The maximum atomic E-state index is 12.2. The number of esters is 1. The molecule has 0 aliphatic carbocycles. The SMILES string of the molecule is CCNC(=O)NC(=O)[C@@H](C)OC(=O)c1oc2ccccc2c1C. The van der Waals surface area contributed by atoms with Crippen LogP contribution < -0.4 is 10.6 Å². The van der Waals surface area contributed by atoms with Crippen LogP contribution >= 0.6 is 0 Å². The molecule has 1 aromatic heterocycles. The van der Waals surface area contributed by atoms with Crippen LogP contribution in [0.1, 0.15) is 30.0 Å². The molecule has 1 heterocycles. The molecular weight excluding hydrogens is 300 g/mol. The minimum absolute atomic E-state index is 0.0452. The molecule has 0 radical (unpaired) electrons. The van der Waals surface area contributed by atoms with E-state index in [1.165, 1.54) is 6.92 Å². The highest BCUT2D eigenvalue weighted by molar-refractivity contribution is 5.99. The number of hydrogen-bond acceptors (Lipinski definition) is 5. The summed E-state index contributed by atoms with van der Waals surface area (Å²) >= 11 is 0. The molecule has 3 amide bonds. The fourth-order valence-corrected chi connectivity index (χ4v) is 2.05. The monoisotopic (exact) mass is 318 g/mol. The normalized spacial score (nSPS) is 11.8. The van der Waals surface area contributed by atoms with Gasteiger partial charge in [0, 0.05) is 17.5 Å². The minimum Gasteiger partial charge on any atom is -0.449 e. The maximum absolute atomic E-state index is 12.2. The van der Waals surface area contributed by atoms with Gasteiger partial charge in [0.1, 0.15) is 5.58 Å². The first-order chi connectivity index (χ1) is 10.9. The summed E-state index contributed by atoms with van der Waals surface area (Å²) in [6.07, 6.45) is -1.13. The molecule has 7 nitrogen and oxygen atoms in total. The number of imide groups is 1. The standard InChI is InChI=1S/C16H18N2O5/c1-4-17-16(21)18-14(19)10(3)22-15(20)13-9(2)11-7-5-6-8-12(11)23-13/h5-8,10H,4H2,1-3H3,(H2,17,18,19,21)/t10-/m1/s1. The third-order valence-corrected chi connectivity index (χ3v) is 3.26. The van der Waals surface area contributed by atoms with Crippen LogP contribution in [0.4, 0.5) is 4.79 Å². The summed E-state index contributed by atoms with van der Waals surface area (Å²) < 4.78 is 10.5. The summed E-state index contributed by atoms with van der Waals surface area (Å²) in [5.41, 5.74) is 1.21. The Morgan fingerprint density at radius 1 is 1.26 bits per heavy atom. The first-order valence-corrected chi connectivity index (χ1v) is 7.21. The van der Waals surface area contributed by atoms with Crippen LogP contribution in [0, 0.1) is 6.92 Å². The molecule has 0 aliphatic rings. The number of carbonyl (C=O) groups excluding carboxylic acids is 3. The molecule has 122 valence electrons. The third-order valence-electron chi connectivity index (χ3n) is 3.26. The number of furan rings is 1. The van der Waals surface area contributed by atoms with Gasteiger partial charge in [0.05, 0.1) is 0 Å². The van der Waals surface area contributed by atoms with E-state index in [2.05, 4.69) is 10.6 Å². The molecule has 2 rings (SSSR count). The average molecular weight is 318 g/mol. The van der Waals surface area contributed by atoms with Crippen LogP contribution in [-0.4, -0.2) is 30.6 Å². The van der Waals surface area contributed by atoms with E-state index >= 15 is 0 Å². The molecule has 0 spiro atoms. The fourth-order valence-electron chi connectivity index (χ4n) is 2.05. The molecule has 23 heavy (non-hydrogen) atoms. The highest BCUT2D eigenvalue weighted by Crippen LogP contribution is 2.25. The Labute approximate surface area is 133 Å². The van der Waals surface area contributed by atoms with Crippen molar-refractivity contribution in [2.45, 2.75) is 26.9 Å². The molecule has 0 saturated carbocycles. The van der Waals surface area contributed by atoms with Crippen LogP contribution in [0.5, 0.6) is 0 Å². The van der Waals surface area contributed by atoms with Crippen molar-refractivity contribution >= 4 is 28.9 Å². The van der Waals surface area contributed by atoms with E-state index in [4.69, 9.17) is 9.15 Å². The summed E-state index contributed by atoms with van der Waals surface area (Å²) in [7, 11) is 0. The van der Waals surface area contributed by atoms with Crippen LogP contribution in [0.25, 0.3) is 11.0 Å². The Bertz CT molecular complexity index is 750. The van der Waals surface area contributed by atoms with Gasteiger partial charge in [-0.2, -0.15) is 0 Å². The van der Waals surface area contributed by atoms with Crippen molar-refractivity contribution in [3.05, 3.63) is 35.6 Å². The number of para-hydroxylation sites is 1. The lowest BCUT2D eigenvalue weighted by Gasteiger charge is -2.12. The smallest absolute Gasteiger partial charge is 0.375 e. The van der Waals surface area contributed by atoms with Crippen molar-refractivity contribution in [1.29, 1.82) is 0 Å². The number of aryl methyl sites for hydroxylation is 1. The zero-order valence-electron chi connectivity index (χ0n) is 13.1. The second-order valence-electron chi connectivity index (χ2n) is 4.95. The number of benzene rings is 1. The van der Waals surface area contributed by atoms with Crippen LogP contribution in [0.3, 0.4) is 0 Å². The summed E-state index contributed by atoms with van der Waals surface area (Å²) in [6, 6.07) is 6.56. The van der Waals surface area contributed by atoms with Crippen LogP contribution in [-0.2, 0) is 9.53 Å². The van der Waals surface area contributed by atoms with Crippen molar-refractivity contribution in [1.82, 2.24) is 10.6 Å². The molecule has 7 heteroatoms. The molecular formula is C16H18N2O5. The fraction of sp³-hybridized carbons (Fsp3) is 0.312. The average Bonchev–Trinajstić information content (AvgIpc) is 2.85. The Kier molecular flexibility index (Phi) is 5.00.